The first kappa shape index (κ1) is 43.3. The molecule has 0 aromatic heterocycles. The first-order chi connectivity index (χ1) is 32.4. The average molecular weight is 853 g/mol. The van der Waals surface area contributed by atoms with E-state index in [-0.39, 0.29) is 0 Å². The molecule has 0 bridgehead atoms. The Morgan fingerprint density at radius 1 is 0.288 bits per heavy atom. The van der Waals surface area contributed by atoms with Gasteiger partial charge in [-0.2, -0.15) is 0 Å². The molecule has 0 spiro atoms. The van der Waals surface area contributed by atoms with Crippen molar-refractivity contribution in [3.8, 4) is 22.3 Å². The lowest BCUT2D eigenvalue weighted by Gasteiger charge is -2.29. The largest absolute Gasteiger partial charge is 0.310 e. The van der Waals surface area contributed by atoms with Crippen molar-refractivity contribution in [1.29, 1.82) is 0 Å². The van der Waals surface area contributed by atoms with Gasteiger partial charge in [0.05, 0.1) is 11.4 Å². The Hall–Kier alpha value is -7.94. The zero-order valence-corrected chi connectivity index (χ0v) is 38.4. The molecule has 2 heteroatoms. The summed E-state index contributed by atoms with van der Waals surface area (Å²) < 4.78 is 0. The summed E-state index contributed by atoms with van der Waals surface area (Å²) in [6.45, 7) is 8.91. The number of aryl methyl sites for hydroxylation is 4. The highest BCUT2D eigenvalue weighted by Crippen LogP contribution is 2.42. The van der Waals surface area contributed by atoms with Crippen molar-refractivity contribution >= 4 is 58.4 Å². The topological polar surface area (TPSA) is 6.48 Å². The molecular weight excluding hydrogens is 797 g/mol. The molecule has 0 fully saturated rings. The lowest BCUT2D eigenvalue weighted by atomic mass is 9.98. The van der Waals surface area contributed by atoms with Gasteiger partial charge < -0.3 is 9.80 Å². The van der Waals surface area contributed by atoms with E-state index in [0.29, 0.717) is 0 Å². The maximum atomic E-state index is 2.41. The van der Waals surface area contributed by atoms with Crippen LogP contribution in [0, 0.1) is 13.8 Å². The van der Waals surface area contributed by atoms with E-state index in [1.165, 1.54) is 78.1 Å². The maximum absolute atomic E-state index is 2.41. The second kappa shape index (κ2) is 20.3. The zero-order chi connectivity index (χ0) is 45.2. The molecule has 322 valence electrons. The Morgan fingerprint density at radius 2 is 0.561 bits per heavy atom. The van der Waals surface area contributed by atoms with E-state index >= 15 is 0 Å². The molecule has 2 nitrogen and oxygen atoms in total. The molecule has 9 rings (SSSR count). The van der Waals surface area contributed by atoms with Crippen LogP contribution in [0.5, 0.6) is 0 Å². The Bertz CT molecular complexity index is 2840. The van der Waals surface area contributed by atoms with Crippen molar-refractivity contribution in [2.24, 2.45) is 0 Å². The van der Waals surface area contributed by atoms with Gasteiger partial charge in [0, 0.05) is 22.7 Å². The molecule has 0 atom stereocenters. The van der Waals surface area contributed by atoms with Crippen LogP contribution in [0.1, 0.15) is 58.4 Å². The number of benzene rings is 9. The third-order valence-electron chi connectivity index (χ3n) is 12.5. The van der Waals surface area contributed by atoms with Gasteiger partial charge in [-0.15, -0.1) is 0 Å². The van der Waals surface area contributed by atoms with Crippen LogP contribution in [0.25, 0.3) is 46.6 Å². The lowest BCUT2D eigenvalue weighted by Crippen LogP contribution is -2.13. The SMILES string of the molecule is CCc1cccc(C)c1N(c1ccc(/C=C/c2ccccc2)cc1)c1ccc(-c2ccc(-c3ccc(N(c4ccc(/C=C/c5ccccc5)cc4)c4c(C)cccc4CC)cc3)cc2)cc1. The normalized spacial score (nSPS) is 11.3. The van der Waals surface area contributed by atoms with Crippen molar-refractivity contribution in [2.75, 3.05) is 9.80 Å². The van der Waals surface area contributed by atoms with Gasteiger partial charge in [0.15, 0.2) is 0 Å². The number of nitrogens with zero attached hydrogens (tertiary/aromatic N) is 2. The number of para-hydroxylation sites is 2. The molecule has 0 amide bonds. The standard InChI is InChI=1S/C64H56N2/c1-5-53-21-13-15-47(3)63(53)65(59-39-27-51(28-40-59)25-23-49-17-9-7-10-18-49)61-43-35-57(36-44-61)55-31-33-56(34-32-55)58-37-45-62(46-38-58)66(64-48(4)16-14-22-54(64)6-2)60-41-29-52(30-42-60)26-24-50-19-11-8-12-20-50/h7-46H,5-6H2,1-4H3/b25-23+,26-24+. The first-order valence-electron chi connectivity index (χ1n) is 23.2. The average Bonchev–Trinajstić information content (AvgIpc) is 3.38. The van der Waals surface area contributed by atoms with Gasteiger partial charge >= 0.3 is 0 Å². The van der Waals surface area contributed by atoms with E-state index < -0.39 is 0 Å². The molecule has 9 aromatic carbocycles. The summed E-state index contributed by atoms with van der Waals surface area (Å²) in [5, 5.41) is 0. The minimum atomic E-state index is 0.949. The molecule has 0 aliphatic heterocycles. The fraction of sp³-hybridized carbons (Fsp3) is 0.0938. The highest BCUT2D eigenvalue weighted by molar-refractivity contribution is 5.85. The maximum Gasteiger partial charge on any atom is 0.0522 e. The summed E-state index contributed by atoms with van der Waals surface area (Å²) in [4.78, 5) is 4.83. The predicted octanol–water partition coefficient (Wildman–Crippen LogP) is 18.0. The molecule has 0 radical (unpaired) electrons. The van der Waals surface area contributed by atoms with E-state index in [4.69, 9.17) is 0 Å². The Balaban J connectivity index is 0.966. The van der Waals surface area contributed by atoms with E-state index in [9.17, 15) is 0 Å². The monoisotopic (exact) mass is 852 g/mol. The van der Waals surface area contributed by atoms with E-state index in [1.54, 1.807) is 0 Å². The second-order valence-electron chi connectivity index (χ2n) is 16.9. The number of rotatable bonds is 14. The summed E-state index contributed by atoms with van der Waals surface area (Å²) >= 11 is 0. The Morgan fingerprint density at radius 3 is 0.864 bits per heavy atom. The van der Waals surface area contributed by atoms with E-state index in [0.717, 1.165) is 35.6 Å². The van der Waals surface area contributed by atoms with Crippen LogP contribution < -0.4 is 9.80 Å². The molecule has 0 unspecified atom stereocenters. The Kier molecular flexibility index (Phi) is 13.3. The van der Waals surface area contributed by atoms with Crippen molar-refractivity contribution in [3.63, 3.8) is 0 Å². The summed E-state index contributed by atoms with van der Waals surface area (Å²) in [5.41, 5.74) is 21.7. The van der Waals surface area contributed by atoms with Gasteiger partial charge in [-0.05, 0) is 142 Å². The Labute approximate surface area is 392 Å². The van der Waals surface area contributed by atoms with Crippen molar-refractivity contribution in [2.45, 2.75) is 40.5 Å². The van der Waals surface area contributed by atoms with Crippen LogP contribution in [0.15, 0.2) is 218 Å². The third kappa shape index (κ3) is 9.75. The first-order valence-corrected chi connectivity index (χ1v) is 23.2. The second-order valence-corrected chi connectivity index (χ2v) is 16.9. The summed E-state index contributed by atoms with van der Waals surface area (Å²) in [7, 11) is 0. The molecule has 9 aromatic rings. The van der Waals surface area contributed by atoms with Crippen LogP contribution in [0.3, 0.4) is 0 Å². The summed E-state index contributed by atoms with van der Waals surface area (Å²) in [6, 6.07) is 79.0. The molecule has 0 heterocycles. The highest BCUT2D eigenvalue weighted by atomic mass is 15.2. The molecule has 0 saturated carbocycles. The van der Waals surface area contributed by atoms with E-state index in [2.05, 4.69) is 280 Å². The third-order valence-corrected chi connectivity index (χ3v) is 12.5. The molecule has 0 N–H and O–H groups in total. The van der Waals surface area contributed by atoms with Gasteiger partial charge in [0.1, 0.15) is 0 Å². The van der Waals surface area contributed by atoms with Gasteiger partial charge in [0.2, 0.25) is 0 Å². The van der Waals surface area contributed by atoms with Crippen LogP contribution >= 0.6 is 0 Å². The molecule has 0 saturated heterocycles. The zero-order valence-electron chi connectivity index (χ0n) is 38.4. The minimum Gasteiger partial charge on any atom is -0.310 e. The lowest BCUT2D eigenvalue weighted by molar-refractivity contribution is 1.10. The van der Waals surface area contributed by atoms with Gasteiger partial charge in [-0.1, -0.05) is 208 Å². The van der Waals surface area contributed by atoms with Gasteiger partial charge in [-0.25, -0.2) is 0 Å². The quantitative estimate of drug-likeness (QED) is 0.101. The van der Waals surface area contributed by atoms with Gasteiger partial charge in [-0.3, -0.25) is 0 Å². The fourth-order valence-electron chi connectivity index (χ4n) is 8.91. The highest BCUT2D eigenvalue weighted by Gasteiger charge is 2.20. The van der Waals surface area contributed by atoms with Crippen molar-refractivity contribution in [1.82, 2.24) is 0 Å². The van der Waals surface area contributed by atoms with Crippen molar-refractivity contribution in [3.05, 3.63) is 263 Å². The van der Waals surface area contributed by atoms with E-state index in [1.807, 2.05) is 0 Å². The fourth-order valence-corrected chi connectivity index (χ4v) is 8.91. The molecule has 0 aliphatic carbocycles. The summed E-state index contributed by atoms with van der Waals surface area (Å²) in [6.07, 6.45) is 10.6. The van der Waals surface area contributed by atoms with Gasteiger partial charge in [0.25, 0.3) is 0 Å². The molecule has 0 aliphatic rings. The number of hydrogen-bond acceptors (Lipinski definition) is 2. The summed E-state index contributed by atoms with van der Waals surface area (Å²) in [5.74, 6) is 0. The van der Waals surface area contributed by atoms with Crippen LogP contribution in [-0.4, -0.2) is 0 Å². The molecular formula is C64H56N2. The number of hydrogen-bond donors (Lipinski definition) is 0. The smallest absolute Gasteiger partial charge is 0.0522 e. The van der Waals surface area contributed by atoms with Crippen LogP contribution in [0.2, 0.25) is 0 Å². The minimum absolute atomic E-state index is 0.949. The van der Waals surface area contributed by atoms with Crippen LogP contribution in [0.4, 0.5) is 34.1 Å². The number of anilines is 6. The molecule has 66 heavy (non-hydrogen) atoms. The van der Waals surface area contributed by atoms with Crippen molar-refractivity contribution < 1.29 is 0 Å². The van der Waals surface area contributed by atoms with Crippen LogP contribution in [-0.2, 0) is 12.8 Å². The predicted molar refractivity (Wildman–Crippen MR) is 286 cm³/mol.